The van der Waals surface area contributed by atoms with E-state index in [0.717, 1.165) is 5.56 Å². The molecule has 0 aliphatic rings. The first kappa shape index (κ1) is 15.9. The smallest absolute Gasteiger partial charge is 0.296 e. The fourth-order valence-electron chi connectivity index (χ4n) is 1.85. The molecule has 0 aliphatic heterocycles. The minimum Gasteiger partial charge on any atom is -0.495 e. The van der Waals surface area contributed by atoms with Gasteiger partial charge in [-0.1, -0.05) is 12.1 Å². The van der Waals surface area contributed by atoms with Crippen molar-refractivity contribution in [3.05, 3.63) is 42.0 Å². The number of azo groups is 1. The number of aryl methyl sites for hydroxylation is 1. The van der Waals surface area contributed by atoms with Gasteiger partial charge in [0.15, 0.2) is 0 Å². The Balaban J connectivity index is 2.46. The van der Waals surface area contributed by atoms with Crippen molar-refractivity contribution in [2.45, 2.75) is 11.8 Å². The molecule has 0 saturated heterocycles. The van der Waals surface area contributed by atoms with Crippen molar-refractivity contribution in [2.24, 2.45) is 10.2 Å². The lowest BCUT2D eigenvalue weighted by atomic mass is 10.1. The summed E-state index contributed by atoms with van der Waals surface area (Å²) in [6.45, 7) is 1.79. The number of hydrogen-bond acceptors (Lipinski definition) is 6. The zero-order valence-corrected chi connectivity index (χ0v) is 12.8. The summed E-state index contributed by atoms with van der Waals surface area (Å²) >= 11 is 0. The van der Waals surface area contributed by atoms with E-state index in [1.54, 1.807) is 25.1 Å². The molecule has 8 heteroatoms. The second-order valence-electron chi connectivity index (χ2n) is 4.52. The highest BCUT2D eigenvalue weighted by atomic mass is 32.2. The molecule has 0 bridgehead atoms. The van der Waals surface area contributed by atoms with Crippen LogP contribution in [0.3, 0.4) is 0 Å². The van der Waals surface area contributed by atoms with Gasteiger partial charge in [-0.2, -0.15) is 13.5 Å². The summed E-state index contributed by atoms with van der Waals surface area (Å²) < 4.78 is 36.9. The Labute approximate surface area is 128 Å². The molecule has 0 atom stereocenters. The van der Waals surface area contributed by atoms with E-state index in [9.17, 15) is 13.0 Å². The summed E-state index contributed by atoms with van der Waals surface area (Å²) in [6.07, 6.45) is 0. The molecule has 0 spiro atoms. The van der Waals surface area contributed by atoms with E-state index in [-0.39, 0.29) is 10.6 Å². The van der Waals surface area contributed by atoms with Crippen molar-refractivity contribution in [3.63, 3.8) is 0 Å². The zero-order valence-electron chi connectivity index (χ0n) is 12.0. The molecule has 2 rings (SSSR count). The summed E-state index contributed by atoms with van der Waals surface area (Å²) in [5.74, 6) is 0.447. The van der Waals surface area contributed by atoms with Gasteiger partial charge in [0, 0.05) is 6.07 Å². The van der Waals surface area contributed by atoms with E-state index < -0.39 is 10.1 Å². The van der Waals surface area contributed by atoms with E-state index in [2.05, 4.69) is 10.2 Å². The molecule has 0 aromatic heterocycles. The molecule has 0 unspecified atom stereocenters. The summed E-state index contributed by atoms with van der Waals surface area (Å²) in [7, 11) is -2.88. The number of ether oxygens (including phenoxy) is 1. The normalized spacial score (nSPS) is 11.8. The molecule has 3 N–H and O–H groups in total. The first-order chi connectivity index (χ1) is 10.3. The van der Waals surface area contributed by atoms with Crippen LogP contribution in [0.1, 0.15) is 5.56 Å². The van der Waals surface area contributed by atoms with E-state index in [4.69, 9.17) is 10.5 Å². The lowest BCUT2D eigenvalue weighted by Gasteiger charge is -2.07. The molecule has 22 heavy (non-hydrogen) atoms. The van der Waals surface area contributed by atoms with Crippen LogP contribution in [-0.4, -0.2) is 20.1 Å². The Morgan fingerprint density at radius 2 is 1.77 bits per heavy atom. The molecule has 0 amide bonds. The summed E-state index contributed by atoms with van der Waals surface area (Å²) in [4.78, 5) is -0.307. The second-order valence-corrected chi connectivity index (χ2v) is 5.91. The molecule has 0 saturated carbocycles. The Morgan fingerprint density at radius 3 is 2.41 bits per heavy atom. The third-order valence-electron chi connectivity index (χ3n) is 2.96. The van der Waals surface area contributed by atoms with Gasteiger partial charge < -0.3 is 10.5 Å². The SMILES string of the molecule is COc1cc(N=Nc2ccccc2S(=O)(=O)O)c(C)cc1N. The summed E-state index contributed by atoms with van der Waals surface area (Å²) in [5.41, 5.74) is 7.53. The minimum absolute atomic E-state index is 0.0418. The van der Waals surface area contributed by atoms with Crippen molar-refractivity contribution in [1.29, 1.82) is 0 Å². The van der Waals surface area contributed by atoms with Crippen LogP contribution < -0.4 is 10.5 Å². The lowest BCUT2D eigenvalue weighted by Crippen LogP contribution is -1.97. The Morgan fingerprint density at radius 1 is 1.14 bits per heavy atom. The predicted octanol–water partition coefficient (Wildman–Crippen LogP) is 3.25. The van der Waals surface area contributed by atoms with Gasteiger partial charge in [-0.15, -0.1) is 5.11 Å². The number of methoxy groups -OCH3 is 1. The quantitative estimate of drug-likeness (QED) is 0.509. The van der Waals surface area contributed by atoms with Crippen LogP contribution in [0.25, 0.3) is 0 Å². The van der Waals surface area contributed by atoms with E-state index >= 15 is 0 Å². The Kier molecular flexibility index (Phi) is 4.43. The maximum absolute atomic E-state index is 11.3. The average Bonchev–Trinajstić information content (AvgIpc) is 2.46. The highest BCUT2D eigenvalue weighted by molar-refractivity contribution is 7.86. The highest BCUT2D eigenvalue weighted by Crippen LogP contribution is 2.32. The van der Waals surface area contributed by atoms with Crippen LogP contribution in [0.4, 0.5) is 17.1 Å². The number of nitrogens with zero attached hydrogens (tertiary/aromatic N) is 2. The van der Waals surface area contributed by atoms with Gasteiger partial charge in [0.1, 0.15) is 16.3 Å². The van der Waals surface area contributed by atoms with E-state index in [1.165, 1.54) is 25.3 Å². The zero-order chi connectivity index (χ0) is 16.3. The van der Waals surface area contributed by atoms with Crippen LogP contribution in [-0.2, 0) is 10.1 Å². The van der Waals surface area contributed by atoms with Gasteiger partial charge in [0.05, 0.1) is 18.5 Å². The fourth-order valence-corrected chi connectivity index (χ4v) is 2.47. The van der Waals surface area contributed by atoms with Gasteiger partial charge in [0.2, 0.25) is 0 Å². The van der Waals surface area contributed by atoms with E-state index in [0.29, 0.717) is 17.1 Å². The first-order valence-corrected chi connectivity index (χ1v) is 7.69. The Hall–Kier alpha value is -2.45. The number of hydrogen-bond donors (Lipinski definition) is 2. The van der Waals surface area contributed by atoms with Gasteiger partial charge in [-0.05, 0) is 30.7 Å². The number of anilines is 1. The predicted molar refractivity (Wildman–Crippen MR) is 82.6 cm³/mol. The van der Waals surface area contributed by atoms with Crippen molar-refractivity contribution in [2.75, 3.05) is 12.8 Å². The molecule has 0 fully saturated rings. The molecule has 116 valence electrons. The third kappa shape index (κ3) is 3.41. The van der Waals surface area contributed by atoms with Crippen LogP contribution in [0.2, 0.25) is 0 Å². The first-order valence-electron chi connectivity index (χ1n) is 6.25. The van der Waals surface area contributed by atoms with Crippen LogP contribution >= 0.6 is 0 Å². The topological polar surface area (TPSA) is 114 Å². The molecule has 0 heterocycles. The Bertz CT molecular complexity index is 832. The maximum atomic E-state index is 11.3. The van der Waals surface area contributed by atoms with Gasteiger partial charge in [-0.3, -0.25) is 4.55 Å². The van der Waals surface area contributed by atoms with Gasteiger partial charge >= 0.3 is 0 Å². The molecule has 0 aliphatic carbocycles. The monoisotopic (exact) mass is 321 g/mol. The minimum atomic E-state index is -4.37. The number of benzene rings is 2. The van der Waals surface area contributed by atoms with Gasteiger partial charge in [0.25, 0.3) is 10.1 Å². The van der Waals surface area contributed by atoms with E-state index in [1.807, 2.05) is 0 Å². The molecule has 0 radical (unpaired) electrons. The average molecular weight is 321 g/mol. The van der Waals surface area contributed by atoms with Crippen LogP contribution in [0.15, 0.2) is 51.5 Å². The van der Waals surface area contributed by atoms with Crippen molar-refractivity contribution >= 4 is 27.2 Å². The second kappa shape index (κ2) is 6.12. The molecule has 7 nitrogen and oxygen atoms in total. The van der Waals surface area contributed by atoms with Crippen molar-refractivity contribution in [1.82, 2.24) is 0 Å². The van der Waals surface area contributed by atoms with Crippen LogP contribution in [0.5, 0.6) is 5.75 Å². The van der Waals surface area contributed by atoms with Crippen LogP contribution in [0, 0.1) is 6.92 Å². The largest absolute Gasteiger partial charge is 0.495 e. The molecule has 2 aromatic rings. The molecular formula is C14H15N3O4S. The fraction of sp³-hybridized carbons (Fsp3) is 0.143. The standard InChI is InChI=1S/C14H15N3O4S/c1-9-7-10(15)13(21-2)8-12(9)17-16-11-5-3-4-6-14(11)22(18,19)20/h3-8H,15H2,1-2H3,(H,18,19,20). The number of rotatable bonds is 4. The molecule has 2 aromatic carbocycles. The highest BCUT2D eigenvalue weighted by Gasteiger charge is 2.14. The molecular weight excluding hydrogens is 306 g/mol. The van der Waals surface area contributed by atoms with Crippen molar-refractivity contribution < 1.29 is 17.7 Å². The maximum Gasteiger partial charge on any atom is 0.296 e. The summed E-state index contributed by atoms with van der Waals surface area (Å²) in [5, 5.41) is 7.91. The van der Waals surface area contributed by atoms with Gasteiger partial charge in [-0.25, -0.2) is 0 Å². The van der Waals surface area contributed by atoms with Crippen molar-refractivity contribution in [3.8, 4) is 5.75 Å². The number of nitrogens with two attached hydrogens (primary N) is 1. The summed E-state index contributed by atoms with van der Waals surface area (Å²) in [6, 6.07) is 9.06. The lowest BCUT2D eigenvalue weighted by molar-refractivity contribution is 0.417. The number of nitrogen functional groups attached to an aromatic ring is 1. The third-order valence-corrected chi connectivity index (χ3v) is 3.86.